The Morgan fingerprint density at radius 1 is 1.52 bits per heavy atom. The zero-order valence-corrected chi connectivity index (χ0v) is 15.5. The number of rotatable bonds is 5. The summed E-state index contributed by atoms with van der Waals surface area (Å²) in [6.07, 6.45) is 2.28. The van der Waals surface area contributed by atoms with E-state index < -0.39 is 5.25 Å². The molecule has 2 amide bonds. The van der Waals surface area contributed by atoms with Crippen molar-refractivity contribution in [2.24, 2.45) is 4.99 Å². The Morgan fingerprint density at radius 2 is 2.36 bits per heavy atom. The number of nitrogens with zero attached hydrogens (tertiary/aromatic N) is 1. The number of thioether (sulfide) groups is 1. The number of hydrogen-bond donors (Lipinski definition) is 2. The summed E-state index contributed by atoms with van der Waals surface area (Å²) in [7, 11) is 0. The molecular formula is C17H20ClN3O3S. The van der Waals surface area contributed by atoms with Crippen LogP contribution in [0.2, 0.25) is 5.02 Å². The van der Waals surface area contributed by atoms with E-state index in [4.69, 9.17) is 16.3 Å². The molecule has 2 saturated heterocycles. The third kappa shape index (κ3) is 4.96. The minimum absolute atomic E-state index is 0.0843. The van der Waals surface area contributed by atoms with Crippen molar-refractivity contribution in [1.82, 2.24) is 5.32 Å². The maximum atomic E-state index is 12.2. The number of anilines is 1. The summed E-state index contributed by atoms with van der Waals surface area (Å²) in [6.45, 7) is 3.22. The molecule has 2 atom stereocenters. The molecule has 25 heavy (non-hydrogen) atoms. The molecule has 8 heteroatoms. The van der Waals surface area contributed by atoms with Gasteiger partial charge in [0, 0.05) is 23.7 Å². The summed E-state index contributed by atoms with van der Waals surface area (Å²) in [5.74, 6) is -0.416. The number of ether oxygens (including phenoxy) is 1. The predicted molar refractivity (Wildman–Crippen MR) is 100 cm³/mol. The van der Waals surface area contributed by atoms with Gasteiger partial charge in [0.15, 0.2) is 5.17 Å². The molecule has 2 aliphatic rings. The molecular weight excluding hydrogens is 362 g/mol. The zero-order chi connectivity index (χ0) is 17.8. The third-order valence-electron chi connectivity index (χ3n) is 4.07. The fourth-order valence-electron chi connectivity index (χ4n) is 2.64. The van der Waals surface area contributed by atoms with Gasteiger partial charge in [-0.1, -0.05) is 29.4 Å². The van der Waals surface area contributed by atoms with Crippen LogP contribution < -0.4 is 10.6 Å². The SMILES string of the molecule is Cc1ccc(NC(=O)C[C@@H]2SC(=NC[C@@H]3CCCO3)NC2=O)cc1Cl. The van der Waals surface area contributed by atoms with E-state index in [1.807, 2.05) is 13.0 Å². The third-order valence-corrected chi connectivity index (χ3v) is 5.59. The Morgan fingerprint density at radius 3 is 3.08 bits per heavy atom. The summed E-state index contributed by atoms with van der Waals surface area (Å²) in [6, 6.07) is 5.32. The van der Waals surface area contributed by atoms with Gasteiger partial charge in [0.25, 0.3) is 0 Å². The lowest BCUT2D eigenvalue weighted by molar-refractivity contribution is -0.122. The van der Waals surface area contributed by atoms with Crippen molar-refractivity contribution in [2.75, 3.05) is 18.5 Å². The molecule has 0 radical (unpaired) electrons. The van der Waals surface area contributed by atoms with Gasteiger partial charge < -0.3 is 15.4 Å². The van der Waals surface area contributed by atoms with Crippen LogP contribution in [0.3, 0.4) is 0 Å². The molecule has 134 valence electrons. The van der Waals surface area contributed by atoms with Crippen LogP contribution in [0.25, 0.3) is 0 Å². The quantitative estimate of drug-likeness (QED) is 0.821. The first kappa shape index (κ1) is 18.2. The second-order valence-electron chi connectivity index (χ2n) is 6.09. The largest absolute Gasteiger partial charge is 0.376 e. The number of amidine groups is 1. The number of benzene rings is 1. The Labute approximate surface area is 155 Å². The first-order chi connectivity index (χ1) is 12.0. The number of hydrogen-bond acceptors (Lipinski definition) is 5. The summed E-state index contributed by atoms with van der Waals surface area (Å²) < 4.78 is 5.51. The molecule has 3 rings (SSSR count). The molecule has 0 spiro atoms. The average molecular weight is 382 g/mol. The lowest BCUT2D eigenvalue weighted by Gasteiger charge is -2.08. The molecule has 6 nitrogen and oxygen atoms in total. The van der Waals surface area contributed by atoms with Gasteiger partial charge in [0.05, 0.1) is 12.6 Å². The van der Waals surface area contributed by atoms with E-state index in [1.54, 1.807) is 12.1 Å². The monoisotopic (exact) mass is 381 g/mol. The lowest BCUT2D eigenvalue weighted by atomic mass is 10.2. The van der Waals surface area contributed by atoms with Crippen LogP contribution in [-0.4, -0.2) is 41.5 Å². The van der Waals surface area contributed by atoms with Gasteiger partial charge in [0.2, 0.25) is 11.8 Å². The fourth-order valence-corrected chi connectivity index (χ4v) is 3.80. The van der Waals surface area contributed by atoms with Crippen LogP contribution in [0.15, 0.2) is 23.2 Å². The molecule has 2 heterocycles. The van der Waals surface area contributed by atoms with E-state index in [1.165, 1.54) is 11.8 Å². The molecule has 1 aromatic rings. The molecule has 2 aliphatic heterocycles. The van der Waals surface area contributed by atoms with Crippen LogP contribution in [0.5, 0.6) is 0 Å². The van der Waals surface area contributed by atoms with E-state index in [9.17, 15) is 9.59 Å². The van der Waals surface area contributed by atoms with Crippen molar-refractivity contribution in [3.8, 4) is 0 Å². The highest BCUT2D eigenvalue weighted by Gasteiger charge is 2.32. The smallest absolute Gasteiger partial charge is 0.240 e. The van der Waals surface area contributed by atoms with E-state index in [0.29, 0.717) is 22.4 Å². The number of aliphatic imine (C=N–C) groups is 1. The van der Waals surface area contributed by atoms with Gasteiger partial charge >= 0.3 is 0 Å². The van der Waals surface area contributed by atoms with Crippen LogP contribution in [0, 0.1) is 6.92 Å². The Bertz CT molecular complexity index is 704. The average Bonchev–Trinajstić information content (AvgIpc) is 3.19. The van der Waals surface area contributed by atoms with Crippen molar-refractivity contribution >= 4 is 46.0 Å². The number of carbonyl (C=O) groups is 2. The number of halogens is 1. The van der Waals surface area contributed by atoms with Gasteiger partial charge in [-0.15, -0.1) is 0 Å². The van der Waals surface area contributed by atoms with Crippen molar-refractivity contribution in [3.05, 3.63) is 28.8 Å². The summed E-state index contributed by atoms with van der Waals surface area (Å²) in [5, 5.41) is 6.19. The molecule has 0 saturated carbocycles. The molecule has 1 aromatic carbocycles. The topological polar surface area (TPSA) is 79.8 Å². The first-order valence-electron chi connectivity index (χ1n) is 8.21. The first-order valence-corrected chi connectivity index (χ1v) is 9.46. The molecule has 2 N–H and O–H groups in total. The number of carbonyl (C=O) groups excluding carboxylic acids is 2. The maximum absolute atomic E-state index is 12.2. The molecule has 2 fully saturated rings. The molecule has 0 aromatic heterocycles. The van der Waals surface area contributed by atoms with Crippen molar-refractivity contribution in [1.29, 1.82) is 0 Å². The Balaban J connectivity index is 1.51. The Kier molecular flexibility index (Phi) is 5.98. The summed E-state index contributed by atoms with van der Waals surface area (Å²) in [4.78, 5) is 28.6. The van der Waals surface area contributed by atoms with Crippen LogP contribution in [0.4, 0.5) is 5.69 Å². The second kappa shape index (κ2) is 8.21. The minimum Gasteiger partial charge on any atom is -0.376 e. The number of aryl methyl sites for hydroxylation is 1. The van der Waals surface area contributed by atoms with Gasteiger partial charge in [-0.05, 0) is 37.5 Å². The van der Waals surface area contributed by atoms with E-state index in [2.05, 4.69) is 15.6 Å². The van der Waals surface area contributed by atoms with Crippen molar-refractivity contribution in [3.63, 3.8) is 0 Å². The maximum Gasteiger partial charge on any atom is 0.240 e. The fraction of sp³-hybridized carbons (Fsp3) is 0.471. The zero-order valence-electron chi connectivity index (χ0n) is 13.9. The Hall–Kier alpha value is -1.57. The minimum atomic E-state index is -0.468. The second-order valence-corrected chi connectivity index (χ2v) is 7.69. The molecule has 0 aliphatic carbocycles. The highest BCUT2D eigenvalue weighted by Crippen LogP contribution is 2.25. The highest BCUT2D eigenvalue weighted by molar-refractivity contribution is 8.15. The highest BCUT2D eigenvalue weighted by atomic mass is 35.5. The molecule has 0 unspecified atom stereocenters. The molecule has 0 bridgehead atoms. The summed E-state index contributed by atoms with van der Waals surface area (Å²) >= 11 is 7.35. The number of amides is 2. The normalized spacial score (nSPS) is 24.6. The van der Waals surface area contributed by atoms with Crippen molar-refractivity contribution in [2.45, 2.75) is 37.5 Å². The van der Waals surface area contributed by atoms with Gasteiger partial charge in [-0.3, -0.25) is 14.6 Å². The van der Waals surface area contributed by atoms with Crippen LogP contribution in [-0.2, 0) is 14.3 Å². The van der Waals surface area contributed by atoms with Crippen LogP contribution >= 0.6 is 23.4 Å². The van der Waals surface area contributed by atoms with Crippen molar-refractivity contribution < 1.29 is 14.3 Å². The predicted octanol–water partition coefficient (Wildman–Crippen LogP) is 2.74. The van der Waals surface area contributed by atoms with Gasteiger partial charge in [-0.25, -0.2) is 0 Å². The van der Waals surface area contributed by atoms with E-state index in [0.717, 1.165) is 25.0 Å². The van der Waals surface area contributed by atoms with E-state index >= 15 is 0 Å². The van der Waals surface area contributed by atoms with E-state index in [-0.39, 0.29) is 24.3 Å². The van der Waals surface area contributed by atoms with Gasteiger partial charge in [0.1, 0.15) is 5.25 Å². The van der Waals surface area contributed by atoms with Crippen LogP contribution in [0.1, 0.15) is 24.8 Å². The lowest BCUT2D eigenvalue weighted by Crippen LogP contribution is -2.28. The van der Waals surface area contributed by atoms with Gasteiger partial charge in [-0.2, -0.15) is 0 Å². The standard InChI is InChI=1S/C17H20ClN3O3S/c1-10-4-5-11(7-13(10)18)20-15(22)8-14-16(23)21-17(25-14)19-9-12-3-2-6-24-12/h4-5,7,12,14H,2-3,6,8-9H2,1H3,(H,20,22)(H,19,21,23)/t12-,14-/m0/s1. The summed E-state index contributed by atoms with van der Waals surface area (Å²) in [5.41, 5.74) is 1.56. The number of nitrogens with one attached hydrogen (secondary N) is 2.